The van der Waals surface area contributed by atoms with Crippen LogP contribution in [0.2, 0.25) is 0 Å². The van der Waals surface area contributed by atoms with Gasteiger partial charge in [-0.25, -0.2) is 4.98 Å². The van der Waals surface area contributed by atoms with Crippen molar-refractivity contribution in [2.75, 3.05) is 0 Å². The van der Waals surface area contributed by atoms with Gasteiger partial charge >= 0.3 is 0 Å². The normalized spacial score (nSPS) is 11.3. The number of carboxylic acid groups (broad SMARTS) is 1. The molecule has 0 aliphatic rings. The Kier molecular flexibility index (Phi) is 2.51. The Bertz CT molecular complexity index is 543. The fourth-order valence-corrected chi connectivity index (χ4v) is 2.20. The second kappa shape index (κ2) is 3.82. The lowest BCUT2D eigenvalue weighted by Gasteiger charge is -1.94. The highest BCUT2D eigenvalue weighted by atomic mass is 32.1. The van der Waals surface area contributed by atoms with Crippen LogP contribution in [-0.2, 0) is 4.79 Å². The Labute approximate surface area is 90.7 Å². The second-order valence-electron chi connectivity index (χ2n) is 3.11. The molecular weight excluding hydrogens is 210 g/mol. The van der Waals surface area contributed by atoms with Crippen molar-refractivity contribution in [2.45, 2.75) is 6.92 Å². The zero-order valence-electron chi connectivity index (χ0n) is 8.06. The number of carboxylic acids is 1. The average Bonchev–Trinajstić information content (AvgIpc) is 2.53. The Morgan fingerprint density at radius 3 is 3.07 bits per heavy atom. The Hall–Kier alpha value is -1.68. The molecule has 76 valence electrons. The predicted molar refractivity (Wildman–Crippen MR) is 58.4 cm³/mol. The molecule has 0 spiro atoms. The monoisotopic (exact) mass is 218 g/mol. The quantitative estimate of drug-likeness (QED) is 0.715. The largest absolute Gasteiger partial charge is 0.545 e. The van der Waals surface area contributed by atoms with E-state index in [0.29, 0.717) is 0 Å². The predicted octanol–water partition coefficient (Wildman–Crippen LogP) is 1.37. The number of hydrogen-bond donors (Lipinski definition) is 0. The van der Waals surface area contributed by atoms with Gasteiger partial charge in [0.2, 0.25) is 0 Å². The number of fused-ring (bicyclic) bond motifs is 1. The van der Waals surface area contributed by atoms with Crippen LogP contribution in [0.15, 0.2) is 24.3 Å². The molecule has 1 heterocycles. The van der Waals surface area contributed by atoms with Crippen molar-refractivity contribution >= 4 is 33.6 Å². The smallest absolute Gasteiger partial charge is 0.0907 e. The van der Waals surface area contributed by atoms with Gasteiger partial charge in [-0.05, 0) is 30.7 Å². The summed E-state index contributed by atoms with van der Waals surface area (Å²) < 4.78 is 1.06. The molecule has 4 heteroatoms. The third kappa shape index (κ3) is 2.22. The molecule has 0 radical (unpaired) electrons. The van der Waals surface area contributed by atoms with Gasteiger partial charge in [0, 0.05) is 0 Å². The van der Waals surface area contributed by atoms with Crippen molar-refractivity contribution < 1.29 is 9.90 Å². The molecule has 2 rings (SSSR count). The van der Waals surface area contributed by atoms with Crippen molar-refractivity contribution in [1.29, 1.82) is 0 Å². The molecule has 0 saturated carbocycles. The topological polar surface area (TPSA) is 53.0 Å². The Balaban J connectivity index is 2.42. The molecule has 0 saturated heterocycles. The maximum Gasteiger partial charge on any atom is 0.0907 e. The van der Waals surface area contributed by atoms with E-state index in [1.165, 1.54) is 6.08 Å². The molecule has 1 aromatic carbocycles. The summed E-state index contributed by atoms with van der Waals surface area (Å²) in [6, 6.07) is 5.63. The van der Waals surface area contributed by atoms with E-state index in [1.807, 2.05) is 25.1 Å². The number of carbonyl (C=O) groups is 1. The van der Waals surface area contributed by atoms with Gasteiger partial charge < -0.3 is 9.90 Å². The molecule has 0 atom stereocenters. The van der Waals surface area contributed by atoms with E-state index in [0.717, 1.165) is 26.9 Å². The number of aromatic nitrogens is 1. The maximum absolute atomic E-state index is 10.2. The summed E-state index contributed by atoms with van der Waals surface area (Å²) in [6.45, 7) is 1.95. The molecule has 0 aliphatic heterocycles. The maximum atomic E-state index is 10.2. The van der Waals surface area contributed by atoms with E-state index in [9.17, 15) is 9.90 Å². The van der Waals surface area contributed by atoms with E-state index in [-0.39, 0.29) is 0 Å². The summed E-state index contributed by atoms with van der Waals surface area (Å²) in [6.07, 6.45) is 2.54. The highest BCUT2D eigenvalue weighted by Crippen LogP contribution is 2.22. The first-order valence-corrected chi connectivity index (χ1v) is 5.23. The second-order valence-corrected chi connectivity index (χ2v) is 4.35. The third-order valence-electron chi connectivity index (χ3n) is 1.93. The van der Waals surface area contributed by atoms with Gasteiger partial charge in [-0.15, -0.1) is 11.3 Å². The highest BCUT2D eigenvalue weighted by molar-refractivity contribution is 7.18. The minimum atomic E-state index is -1.18. The molecule has 3 nitrogen and oxygen atoms in total. The van der Waals surface area contributed by atoms with Crippen LogP contribution in [0, 0.1) is 6.92 Å². The van der Waals surface area contributed by atoms with E-state index in [1.54, 1.807) is 11.3 Å². The summed E-state index contributed by atoms with van der Waals surface area (Å²) in [5.74, 6) is -1.18. The first kappa shape index (κ1) is 9.86. The molecule has 0 bridgehead atoms. The SMILES string of the molecule is Cc1nc2ccc(C=CC(=O)[O-])cc2s1. The molecule has 0 fully saturated rings. The summed E-state index contributed by atoms with van der Waals surface area (Å²) in [7, 11) is 0. The van der Waals surface area contributed by atoms with Crippen LogP contribution >= 0.6 is 11.3 Å². The number of benzene rings is 1. The Morgan fingerprint density at radius 2 is 2.33 bits per heavy atom. The summed E-state index contributed by atoms with van der Waals surface area (Å²) in [4.78, 5) is 14.5. The molecule has 0 N–H and O–H groups in total. The van der Waals surface area contributed by atoms with Crippen molar-refractivity contribution in [3.8, 4) is 0 Å². The van der Waals surface area contributed by atoms with Gasteiger partial charge in [0.1, 0.15) is 0 Å². The van der Waals surface area contributed by atoms with Crippen molar-refractivity contribution in [1.82, 2.24) is 4.98 Å². The zero-order valence-corrected chi connectivity index (χ0v) is 8.88. The van der Waals surface area contributed by atoms with E-state index >= 15 is 0 Å². The lowest BCUT2D eigenvalue weighted by Crippen LogP contribution is -2.18. The zero-order chi connectivity index (χ0) is 10.8. The molecule has 0 unspecified atom stereocenters. The van der Waals surface area contributed by atoms with Crippen LogP contribution < -0.4 is 5.11 Å². The standard InChI is InChI=1S/C11H9NO2S/c1-7-12-9-4-2-8(3-5-11(13)14)6-10(9)15-7/h2-6H,1H3,(H,13,14)/p-1. The lowest BCUT2D eigenvalue weighted by molar-refractivity contribution is -0.297. The van der Waals surface area contributed by atoms with Crippen molar-refractivity contribution in [3.05, 3.63) is 34.8 Å². The molecule has 15 heavy (non-hydrogen) atoms. The van der Waals surface area contributed by atoms with Crippen LogP contribution in [0.4, 0.5) is 0 Å². The summed E-state index contributed by atoms with van der Waals surface area (Å²) >= 11 is 1.59. The minimum Gasteiger partial charge on any atom is -0.545 e. The van der Waals surface area contributed by atoms with Crippen LogP contribution in [-0.4, -0.2) is 11.0 Å². The van der Waals surface area contributed by atoms with Crippen LogP contribution in [0.25, 0.3) is 16.3 Å². The van der Waals surface area contributed by atoms with Gasteiger partial charge in [0.15, 0.2) is 0 Å². The Morgan fingerprint density at radius 1 is 1.53 bits per heavy atom. The van der Waals surface area contributed by atoms with Crippen molar-refractivity contribution in [3.63, 3.8) is 0 Å². The lowest BCUT2D eigenvalue weighted by atomic mass is 10.2. The van der Waals surface area contributed by atoms with Gasteiger partial charge in [0.05, 0.1) is 21.2 Å². The number of aliphatic carboxylic acids is 1. The van der Waals surface area contributed by atoms with Crippen LogP contribution in [0.5, 0.6) is 0 Å². The number of nitrogens with zero attached hydrogens (tertiary/aromatic N) is 1. The third-order valence-corrected chi connectivity index (χ3v) is 2.86. The van der Waals surface area contributed by atoms with Gasteiger partial charge in [0.25, 0.3) is 0 Å². The first-order valence-electron chi connectivity index (χ1n) is 4.41. The molecule has 0 amide bonds. The first-order chi connectivity index (χ1) is 7.15. The van der Waals surface area contributed by atoms with Gasteiger partial charge in [-0.2, -0.15) is 0 Å². The number of thiazole rings is 1. The number of rotatable bonds is 2. The number of hydrogen-bond acceptors (Lipinski definition) is 4. The summed E-state index contributed by atoms with van der Waals surface area (Å²) in [5, 5.41) is 11.2. The molecule has 1 aromatic heterocycles. The van der Waals surface area contributed by atoms with E-state index < -0.39 is 5.97 Å². The van der Waals surface area contributed by atoms with E-state index in [4.69, 9.17) is 0 Å². The van der Waals surface area contributed by atoms with E-state index in [2.05, 4.69) is 4.98 Å². The summed E-state index contributed by atoms with van der Waals surface area (Å²) in [5.41, 5.74) is 1.79. The fourth-order valence-electron chi connectivity index (χ4n) is 1.32. The van der Waals surface area contributed by atoms with Gasteiger partial charge in [-0.3, -0.25) is 0 Å². The minimum absolute atomic E-state index is 0.843. The fraction of sp³-hybridized carbons (Fsp3) is 0.0909. The average molecular weight is 218 g/mol. The molecule has 0 aliphatic carbocycles. The number of aryl methyl sites for hydroxylation is 1. The van der Waals surface area contributed by atoms with Crippen LogP contribution in [0.1, 0.15) is 10.6 Å². The van der Waals surface area contributed by atoms with Crippen molar-refractivity contribution in [2.24, 2.45) is 0 Å². The number of carbonyl (C=O) groups excluding carboxylic acids is 1. The van der Waals surface area contributed by atoms with Gasteiger partial charge in [-0.1, -0.05) is 12.1 Å². The molecule has 2 aromatic rings. The highest BCUT2D eigenvalue weighted by Gasteiger charge is 1.99. The molecular formula is C11H8NO2S-. The van der Waals surface area contributed by atoms with Crippen LogP contribution in [0.3, 0.4) is 0 Å².